The van der Waals surface area contributed by atoms with Crippen molar-refractivity contribution in [3.63, 3.8) is 0 Å². The summed E-state index contributed by atoms with van der Waals surface area (Å²) in [5.41, 5.74) is 4.38. The molecule has 1 fully saturated rings. The fourth-order valence-electron chi connectivity index (χ4n) is 2.19. The van der Waals surface area contributed by atoms with E-state index in [1.54, 1.807) is 0 Å². The number of hydrogen-bond donors (Lipinski definition) is 1. The van der Waals surface area contributed by atoms with Gasteiger partial charge >= 0.3 is 0 Å². The van der Waals surface area contributed by atoms with Crippen LogP contribution in [0.3, 0.4) is 0 Å². The number of piperidine rings is 1. The molecule has 76 valence electrons. The number of allylic oxidation sites excluding steroid dienone is 3. The largest absolute Gasteiger partial charge is 0.380 e. The lowest BCUT2D eigenvalue weighted by Crippen LogP contribution is -2.33. The van der Waals surface area contributed by atoms with Gasteiger partial charge in [-0.15, -0.1) is 0 Å². The minimum absolute atomic E-state index is 1.13. The van der Waals surface area contributed by atoms with Crippen molar-refractivity contribution in [2.45, 2.75) is 32.6 Å². The van der Waals surface area contributed by atoms with E-state index < -0.39 is 0 Å². The molecule has 0 aromatic rings. The third-order valence-electron chi connectivity index (χ3n) is 3.05. The monoisotopic (exact) mass is 191 g/mol. The van der Waals surface area contributed by atoms with Crippen molar-refractivity contribution in [2.75, 3.05) is 13.6 Å². The normalized spacial score (nSPS) is 22.7. The Bertz CT molecular complexity index is 321. The van der Waals surface area contributed by atoms with Crippen LogP contribution < -0.4 is 5.32 Å². The number of hydrogen-bond acceptors (Lipinski definition) is 1. The fourth-order valence-corrected chi connectivity index (χ4v) is 2.19. The molecule has 0 unspecified atom stereocenters. The van der Waals surface area contributed by atoms with Crippen LogP contribution in [-0.4, -0.2) is 23.9 Å². The van der Waals surface area contributed by atoms with Crippen LogP contribution in [0.5, 0.6) is 0 Å². The predicted molar refractivity (Wildman–Crippen MR) is 59.5 cm³/mol. The molecule has 0 spiro atoms. The minimum Gasteiger partial charge on any atom is -0.380 e. The summed E-state index contributed by atoms with van der Waals surface area (Å²) < 4.78 is 2.27. The molecule has 0 radical (unpaired) electrons. The average molecular weight is 191 g/mol. The Morgan fingerprint density at radius 2 is 2.21 bits per heavy atom. The first-order chi connectivity index (χ1) is 6.79. The summed E-state index contributed by atoms with van der Waals surface area (Å²) in [4.78, 5) is 0. The van der Waals surface area contributed by atoms with Crippen molar-refractivity contribution in [2.24, 2.45) is 0 Å². The Balaban J connectivity index is 2.44. The van der Waals surface area contributed by atoms with Crippen molar-refractivity contribution >= 4 is 5.71 Å². The molecule has 2 aliphatic rings. The van der Waals surface area contributed by atoms with Gasteiger partial charge in [0.15, 0.2) is 6.20 Å². The molecule has 14 heavy (non-hydrogen) atoms. The molecule has 0 aromatic carbocycles. The lowest BCUT2D eigenvalue weighted by Gasteiger charge is -2.20. The average Bonchev–Trinajstić information content (AvgIpc) is 2.22. The van der Waals surface area contributed by atoms with Crippen LogP contribution in [0.1, 0.15) is 32.6 Å². The van der Waals surface area contributed by atoms with Gasteiger partial charge < -0.3 is 5.32 Å². The Morgan fingerprint density at radius 1 is 1.36 bits per heavy atom. The van der Waals surface area contributed by atoms with E-state index in [-0.39, 0.29) is 0 Å². The van der Waals surface area contributed by atoms with E-state index in [0.29, 0.717) is 0 Å². The van der Waals surface area contributed by atoms with Gasteiger partial charge in [0, 0.05) is 13.0 Å². The van der Waals surface area contributed by atoms with Gasteiger partial charge in [0.05, 0.1) is 0 Å². The van der Waals surface area contributed by atoms with Crippen LogP contribution in [0.4, 0.5) is 0 Å². The van der Waals surface area contributed by atoms with Crippen molar-refractivity contribution in [1.29, 1.82) is 0 Å². The van der Waals surface area contributed by atoms with Crippen LogP contribution in [-0.2, 0) is 0 Å². The lowest BCUT2D eigenvalue weighted by atomic mass is 9.99. The maximum Gasteiger partial charge on any atom is 0.204 e. The van der Waals surface area contributed by atoms with Crippen LogP contribution in [0, 0.1) is 0 Å². The molecule has 2 heterocycles. The first-order valence-corrected chi connectivity index (χ1v) is 5.48. The summed E-state index contributed by atoms with van der Waals surface area (Å²) >= 11 is 0. The highest BCUT2D eigenvalue weighted by atomic mass is 15.0. The van der Waals surface area contributed by atoms with E-state index in [0.717, 1.165) is 13.0 Å². The van der Waals surface area contributed by atoms with Gasteiger partial charge in [-0.3, -0.25) is 0 Å². The van der Waals surface area contributed by atoms with Crippen LogP contribution in [0.15, 0.2) is 23.5 Å². The second-order valence-corrected chi connectivity index (χ2v) is 4.17. The highest BCUT2D eigenvalue weighted by molar-refractivity contribution is 5.97. The molecule has 0 aromatic heterocycles. The van der Waals surface area contributed by atoms with Crippen molar-refractivity contribution in [3.8, 4) is 0 Å². The van der Waals surface area contributed by atoms with Gasteiger partial charge in [-0.05, 0) is 37.8 Å². The highest BCUT2D eigenvalue weighted by Gasteiger charge is 2.22. The molecule has 2 aliphatic heterocycles. The Morgan fingerprint density at radius 3 is 3.07 bits per heavy atom. The quantitative estimate of drug-likeness (QED) is 0.579. The zero-order chi connectivity index (χ0) is 9.97. The van der Waals surface area contributed by atoms with E-state index in [1.165, 1.54) is 36.2 Å². The zero-order valence-electron chi connectivity index (χ0n) is 9.14. The van der Waals surface area contributed by atoms with Gasteiger partial charge in [-0.1, -0.05) is 0 Å². The number of fused-ring (bicyclic) bond motifs is 1. The van der Waals surface area contributed by atoms with Crippen molar-refractivity contribution < 1.29 is 4.58 Å². The fraction of sp³-hybridized carbons (Fsp3) is 0.583. The SMILES string of the molecule is CC1=C2NCCCC2=[N+](C)C=CCC1. The smallest absolute Gasteiger partial charge is 0.204 e. The topological polar surface area (TPSA) is 15.0 Å². The first kappa shape index (κ1) is 9.50. The van der Waals surface area contributed by atoms with E-state index in [9.17, 15) is 0 Å². The van der Waals surface area contributed by atoms with Crippen molar-refractivity contribution in [1.82, 2.24) is 5.32 Å². The maximum absolute atomic E-state index is 3.54. The van der Waals surface area contributed by atoms with Gasteiger partial charge in [-0.25, -0.2) is 4.58 Å². The molecule has 0 amide bonds. The molecule has 0 aliphatic carbocycles. The Kier molecular flexibility index (Phi) is 2.71. The molecule has 0 bridgehead atoms. The molecular weight excluding hydrogens is 172 g/mol. The molecular formula is C12H19N2+. The predicted octanol–water partition coefficient (Wildman–Crippen LogP) is 2.03. The molecule has 0 atom stereocenters. The summed E-state index contributed by atoms with van der Waals surface area (Å²) in [7, 11) is 2.15. The molecule has 0 saturated carbocycles. The highest BCUT2D eigenvalue weighted by Crippen LogP contribution is 2.18. The number of nitrogens with one attached hydrogen (secondary N) is 1. The molecule has 1 saturated heterocycles. The molecule has 2 nitrogen and oxygen atoms in total. The summed E-state index contributed by atoms with van der Waals surface area (Å²) in [6.45, 7) is 3.38. The van der Waals surface area contributed by atoms with E-state index in [4.69, 9.17) is 0 Å². The summed E-state index contributed by atoms with van der Waals surface area (Å²) in [6.07, 6.45) is 9.28. The Hall–Kier alpha value is -1.05. The summed E-state index contributed by atoms with van der Waals surface area (Å²) in [5, 5.41) is 3.54. The van der Waals surface area contributed by atoms with Crippen LogP contribution in [0.25, 0.3) is 0 Å². The minimum atomic E-state index is 1.13. The number of nitrogens with zero attached hydrogens (tertiary/aromatic N) is 1. The molecule has 2 heteroatoms. The standard InChI is InChI=1S/C12H19N2/c1-10-6-3-4-9-14(2)11-7-5-8-13-12(10)11/h4,9,13H,3,5-8H2,1-2H3/q+1. The summed E-state index contributed by atoms with van der Waals surface area (Å²) in [6, 6.07) is 0. The van der Waals surface area contributed by atoms with Crippen LogP contribution in [0.2, 0.25) is 0 Å². The van der Waals surface area contributed by atoms with Gasteiger partial charge in [0.25, 0.3) is 0 Å². The molecule has 2 rings (SSSR count). The summed E-state index contributed by atoms with van der Waals surface area (Å²) in [5.74, 6) is 0. The van der Waals surface area contributed by atoms with E-state index in [1.807, 2.05) is 0 Å². The first-order valence-electron chi connectivity index (χ1n) is 5.48. The molecule has 1 N–H and O–H groups in total. The lowest BCUT2D eigenvalue weighted by molar-refractivity contribution is -0.423. The maximum atomic E-state index is 3.54. The van der Waals surface area contributed by atoms with Crippen LogP contribution >= 0.6 is 0 Å². The third-order valence-corrected chi connectivity index (χ3v) is 3.05. The second-order valence-electron chi connectivity index (χ2n) is 4.17. The van der Waals surface area contributed by atoms with Gasteiger partial charge in [0.1, 0.15) is 12.7 Å². The Labute approximate surface area is 86.0 Å². The van der Waals surface area contributed by atoms with Gasteiger partial charge in [-0.2, -0.15) is 0 Å². The second kappa shape index (κ2) is 3.99. The van der Waals surface area contributed by atoms with Crippen molar-refractivity contribution in [3.05, 3.63) is 23.5 Å². The third kappa shape index (κ3) is 1.74. The van der Waals surface area contributed by atoms with E-state index in [2.05, 4.69) is 36.1 Å². The van der Waals surface area contributed by atoms with Gasteiger partial charge in [0.2, 0.25) is 5.71 Å². The van der Waals surface area contributed by atoms with E-state index >= 15 is 0 Å². The number of rotatable bonds is 0. The zero-order valence-corrected chi connectivity index (χ0v) is 9.14.